The van der Waals surface area contributed by atoms with Crippen LogP contribution in [-0.4, -0.2) is 19.6 Å². The lowest BCUT2D eigenvalue weighted by molar-refractivity contribution is 0.967. The molecule has 2 aromatic carbocycles. The molecule has 0 fully saturated rings. The Balaban J connectivity index is 1.52. The minimum Gasteiger partial charge on any atom is -0.397 e. The predicted octanol–water partition coefficient (Wildman–Crippen LogP) is 4.20. The largest absolute Gasteiger partial charge is 0.397 e. The number of nitrogens with one attached hydrogen (secondary N) is 2. The summed E-state index contributed by atoms with van der Waals surface area (Å²) >= 11 is 0. The SMILES string of the molecule is Nc1ccccc1Nc1nc2ccc(-c3ccc4cc[nH]c4c3)cn2n1. The zero-order valence-corrected chi connectivity index (χ0v) is 13.8. The topological polar surface area (TPSA) is 84.0 Å². The number of aromatic amines is 1. The Morgan fingerprint density at radius 2 is 1.85 bits per heavy atom. The lowest BCUT2D eigenvalue weighted by Crippen LogP contribution is -1.97. The second-order valence-corrected chi connectivity index (χ2v) is 6.15. The maximum absolute atomic E-state index is 5.97. The summed E-state index contributed by atoms with van der Waals surface area (Å²) < 4.78 is 1.77. The number of nitrogens with two attached hydrogens (primary N) is 1. The Kier molecular flexibility index (Phi) is 3.15. The summed E-state index contributed by atoms with van der Waals surface area (Å²) in [5, 5.41) is 8.88. The van der Waals surface area contributed by atoms with Crippen molar-refractivity contribution in [2.24, 2.45) is 0 Å². The molecule has 4 N–H and O–H groups in total. The van der Waals surface area contributed by atoms with Crippen molar-refractivity contribution < 1.29 is 0 Å². The molecule has 0 saturated heterocycles. The fourth-order valence-electron chi connectivity index (χ4n) is 3.07. The fraction of sp³-hybridized carbons (Fsp3) is 0. The smallest absolute Gasteiger partial charge is 0.247 e. The van der Waals surface area contributed by atoms with E-state index >= 15 is 0 Å². The van der Waals surface area contributed by atoms with Crippen LogP contribution >= 0.6 is 0 Å². The fourth-order valence-corrected chi connectivity index (χ4v) is 3.07. The normalized spacial score (nSPS) is 11.2. The van der Waals surface area contributed by atoms with E-state index in [0.29, 0.717) is 11.6 Å². The van der Waals surface area contributed by atoms with Gasteiger partial charge in [-0.15, -0.1) is 5.10 Å². The zero-order valence-electron chi connectivity index (χ0n) is 13.8. The number of rotatable bonds is 3. The molecule has 0 amide bonds. The average Bonchev–Trinajstić information content (AvgIpc) is 3.28. The minimum absolute atomic E-state index is 0.514. The van der Waals surface area contributed by atoms with E-state index in [4.69, 9.17) is 5.73 Å². The highest BCUT2D eigenvalue weighted by atomic mass is 15.3. The summed E-state index contributed by atoms with van der Waals surface area (Å²) in [4.78, 5) is 7.75. The highest BCUT2D eigenvalue weighted by Gasteiger charge is 2.08. The van der Waals surface area contributed by atoms with Crippen LogP contribution in [0.5, 0.6) is 0 Å². The van der Waals surface area contributed by atoms with Gasteiger partial charge in [-0.05, 0) is 47.3 Å². The first-order valence-corrected chi connectivity index (χ1v) is 8.32. The Labute approximate surface area is 149 Å². The van der Waals surface area contributed by atoms with Crippen molar-refractivity contribution in [3.63, 3.8) is 0 Å². The third kappa shape index (κ3) is 2.44. The van der Waals surface area contributed by atoms with E-state index in [0.717, 1.165) is 28.0 Å². The number of aromatic nitrogens is 4. The molecule has 3 aromatic heterocycles. The lowest BCUT2D eigenvalue weighted by Gasteiger charge is -2.04. The number of benzene rings is 2. The summed E-state index contributed by atoms with van der Waals surface area (Å²) in [5.41, 5.74) is 11.5. The molecule has 6 nitrogen and oxygen atoms in total. The quantitative estimate of drug-likeness (QED) is 0.430. The third-order valence-electron chi connectivity index (χ3n) is 4.43. The van der Waals surface area contributed by atoms with Gasteiger partial charge in [0.15, 0.2) is 5.65 Å². The van der Waals surface area contributed by atoms with E-state index in [-0.39, 0.29) is 0 Å². The van der Waals surface area contributed by atoms with Gasteiger partial charge >= 0.3 is 0 Å². The van der Waals surface area contributed by atoms with Crippen LogP contribution in [0.4, 0.5) is 17.3 Å². The van der Waals surface area contributed by atoms with E-state index < -0.39 is 0 Å². The maximum Gasteiger partial charge on any atom is 0.247 e. The van der Waals surface area contributed by atoms with Crippen molar-refractivity contribution in [3.8, 4) is 11.1 Å². The number of para-hydroxylation sites is 2. The van der Waals surface area contributed by atoms with Gasteiger partial charge in [0.2, 0.25) is 5.95 Å². The Bertz CT molecular complexity index is 1230. The van der Waals surface area contributed by atoms with Gasteiger partial charge in [0.05, 0.1) is 11.4 Å². The Hall–Kier alpha value is -3.80. The van der Waals surface area contributed by atoms with Gasteiger partial charge in [-0.25, -0.2) is 4.52 Å². The Morgan fingerprint density at radius 1 is 0.962 bits per heavy atom. The van der Waals surface area contributed by atoms with E-state index in [1.165, 1.54) is 5.39 Å². The monoisotopic (exact) mass is 340 g/mol. The minimum atomic E-state index is 0.514. The van der Waals surface area contributed by atoms with E-state index in [2.05, 4.69) is 50.7 Å². The molecule has 6 heteroatoms. The van der Waals surface area contributed by atoms with Gasteiger partial charge in [0.1, 0.15) is 0 Å². The lowest BCUT2D eigenvalue weighted by atomic mass is 10.1. The van der Waals surface area contributed by atoms with E-state index in [1.54, 1.807) is 4.52 Å². The summed E-state index contributed by atoms with van der Waals surface area (Å²) in [6.07, 6.45) is 3.92. The molecule has 5 rings (SSSR count). The summed E-state index contributed by atoms with van der Waals surface area (Å²) in [6.45, 7) is 0. The molecule has 3 heterocycles. The molecule has 0 radical (unpaired) electrons. The van der Waals surface area contributed by atoms with Crippen LogP contribution in [-0.2, 0) is 0 Å². The first-order valence-electron chi connectivity index (χ1n) is 8.32. The van der Waals surface area contributed by atoms with Crippen molar-refractivity contribution >= 4 is 33.9 Å². The van der Waals surface area contributed by atoms with Crippen LogP contribution in [0.15, 0.2) is 73.1 Å². The number of pyridine rings is 1. The molecule has 0 bridgehead atoms. The maximum atomic E-state index is 5.97. The number of hydrogen-bond donors (Lipinski definition) is 3. The van der Waals surface area contributed by atoms with Crippen molar-refractivity contribution in [1.82, 2.24) is 19.6 Å². The molecule has 0 aliphatic rings. The van der Waals surface area contributed by atoms with Crippen molar-refractivity contribution in [1.29, 1.82) is 0 Å². The molecule has 26 heavy (non-hydrogen) atoms. The van der Waals surface area contributed by atoms with Crippen LogP contribution in [0.3, 0.4) is 0 Å². The highest BCUT2D eigenvalue weighted by Crippen LogP contribution is 2.25. The van der Waals surface area contributed by atoms with Crippen LogP contribution in [0.25, 0.3) is 27.7 Å². The van der Waals surface area contributed by atoms with Crippen molar-refractivity contribution in [2.45, 2.75) is 0 Å². The summed E-state index contributed by atoms with van der Waals surface area (Å²) in [5.74, 6) is 0.514. The number of nitrogen functional groups attached to an aromatic ring is 1. The highest BCUT2D eigenvalue weighted by molar-refractivity contribution is 5.84. The average molecular weight is 340 g/mol. The van der Waals surface area contributed by atoms with Crippen molar-refractivity contribution in [2.75, 3.05) is 11.1 Å². The first kappa shape index (κ1) is 14.5. The van der Waals surface area contributed by atoms with Gasteiger partial charge in [-0.2, -0.15) is 4.98 Å². The zero-order chi connectivity index (χ0) is 17.5. The van der Waals surface area contributed by atoms with Crippen LogP contribution < -0.4 is 11.1 Å². The van der Waals surface area contributed by atoms with Gasteiger partial charge < -0.3 is 16.0 Å². The molecule has 0 unspecified atom stereocenters. The molecule has 5 aromatic rings. The number of H-pyrrole nitrogens is 1. The predicted molar refractivity (Wildman–Crippen MR) is 104 cm³/mol. The molecule has 0 aliphatic heterocycles. The standard InChI is InChI=1S/C20H16N6/c21-16-3-1-2-4-17(16)23-20-24-19-8-7-15(12-26(19)25-20)14-6-5-13-9-10-22-18(13)11-14/h1-12,22H,21H2,(H,23,25). The third-order valence-corrected chi connectivity index (χ3v) is 4.43. The van der Waals surface area contributed by atoms with E-state index in [1.807, 2.05) is 42.7 Å². The molecule has 0 atom stereocenters. The molecule has 126 valence electrons. The number of anilines is 3. The Morgan fingerprint density at radius 3 is 2.77 bits per heavy atom. The van der Waals surface area contributed by atoms with Crippen molar-refractivity contribution in [3.05, 3.63) is 73.1 Å². The summed E-state index contributed by atoms with van der Waals surface area (Å²) in [7, 11) is 0. The van der Waals surface area contributed by atoms with Gasteiger partial charge in [-0.1, -0.05) is 24.3 Å². The number of nitrogens with zero attached hydrogens (tertiary/aromatic N) is 3. The number of hydrogen-bond acceptors (Lipinski definition) is 4. The number of fused-ring (bicyclic) bond motifs is 2. The van der Waals surface area contributed by atoms with Gasteiger partial charge in [0, 0.05) is 23.5 Å². The second-order valence-electron chi connectivity index (χ2n) is 6.15. The van der Waals surface area contributed by atoms with Gasteiger partial charge in [-0.3, -0.25) is 0 Å². The van der Waals surface area contributed by atoms with Crippen LogP contribution in [0.2, 0.25) is 0 Å². The molecule has 0 aliphatic carbocycles. The second kappa shape index (κ2) is 5.63. The summed E-state index contributed by atoms with van der Waals surface area (Å²) in [6, 6.07) is 20.0. The first-order chi connectivity index (χ1) is 12.8. The molecular formula is C20H16N6. The molecular weight excluding hydrogens is 324 g/mol. The molecule has 0 spiro atoms. The molecule has 0 saturated carbocycles. The van der Waals surface area contributed by atoms with E-state index in [9.17, 15) is 0 Å². The van der Waals surface area contributed by atoms with Gasteiger partial charge in [0.25, 0.3) is 0 Å². The van der Waals surface area contributed by atoms with Crippen LogP contribution in [0.1, 0.15) is 0 Å². The van der Waals surface area contributed by atoms with Crippen LogP contribution in [0, 0.1) is 0 Å².